The molecule has 0 spiro atoms. The molecule has 24 heavy (non-hydrogen) atoms. The largest absolute Gasteiger partial charge is 0.339 e. The van der Waals surface area contributed by atoms with Crippen molar-refractivity contribution < 1.29 is 18.4 Å². The van der Waals surface area contributed by atoms with Crippen LogP contribution in [0.2, 0.25) is 0 Å². The highest BCUT2D eigenvalue weighted by Gasteiger charge is 2.37. The van der Waals surface area contributed by atoms with Crippen LogP contribution in [0.1, 0.15) is 48.9 Å². The molecule has 2 fully saturated rings. The second kappa shape index (κ2) is 6.87. The van der Waals surface area contributed by atoms with Crippen LogP contribution >= 0.6 is 0 Å². The molecule has 1 heterocycles. The summed E-state index contributed by atoms with van der Waals surface area (Å²) in [5.41, 5.74) is 0.936. The first-order valence-corrected chi connectivity index (χ1v) is 8.53. The molecule has 1 N–H and O–H groups in total. The van der Waals surface area contributed by atoms with Crippen LogP contribution in [-0.2, 0) is 4.79 Å². The number of benzene rings is 1. The molecule has 1 aromatic rings. The maximum atomic E-state index is 13.2. The van der Waals surface area contributed by atoms with Crippen LogP contribution in [0.4, 0.5) is 14.5 Å². The number of carbonyl (C=O) groups is 2. The number of carbonyl (C=O) groups excluding carboxylic acids is 2. The van der Waals surface area contributed by atoms with E-state index in [9.17, 15) is 18.4 Å². The average molecular weight is 336 g/mol. The van der Waals surface area contributed by atoms with E-state index in [1.807, 2.05) is 0 Å². The van der Waals surface area contributed by atoms with Crippen molar-refractivity contribution in [2.24, 2.45) is 5.92 Å². The van der Waals surface area contributed by atoms with Crippen LogP contribution in [0.3, 0.4) is 0 Å². The van der Waals surface area contributed by atoms with Crippen LogP contribution in [0, 0.1) is 5.92 Å². The number of amides is 2. The second-order valence-corrected chi connectivity index (χ2v) is 6.66. The molecular weight excluding hydrogens is 314 g/mol. The summed E-state index contributed by atoms with van der Waals surface area (Å²) in [7, 11) is 0. The fourth-order valence-electron chi connectivity index (χ4n) is 3.41. The summed E-state index contributed by atoms with van der Waals surface area (Å²) >= 11 is 0. The minimum atomic E-state index is -2.65. The lowest BCUT2D eigenvalue weighted by Crippen LogP contribution is -2.33. The van der Waals surface area contributed by atoms with E-state index >= 15 is 0 Å². The number of nitrogens with one attached hydrogen (secondary N) is 1. The Balaban J connectivity index is 1.69. The minimum absolute atomic E-state index is 0.0847. The van der Waals surface area contributed by atoms with Crippen molar-refractivity contribution in [3.8, 4) is 0 Å². The van der Waals surface area contributed by atoms with Gasteiger partial charge >= 0.3 is 0 Å². The molecular formula is C18H22F2N2O2. The Morgan fingerprint density at radius 2 is 1.71 bits per heavy atom. The van der Waals surface area contributed by atoms with E-state index in [-0.39, 0.29) is 37.5 Å². The van der Waals surface area contributed by atoms with Crippen molar-refractivity contribution in [2.75, 3.05) is 18.4 Å². The quantitative estimate of drug-likeness (QED) is 0.915. The van der Waals surface area contributed by atoms with Gasteiger partial charge in [-0.25, -0.2) is 8.78 Å². The smallest absolute Gasteiger partial charge is 0.255 e. The number of rotatable bonds is 3. The zero-order valence-corrected chi connectivity index (χ0v) is 13.6. The number of likely N-dealkylation sites (tertiary alicyclic amines) is 1. The van der Waals surface area contributed by atoms with Gasteiger partial charge in [-0.3, -0.25) is 9.59 Å². The van der Waals surface area contributed by atoms with Gasteiger partial charge in [0.1, 0.15) is 0 Å². The molecule has 1 aromatic carbocycles. The van der Waals surface area contributed by atoms with Gasteiger partial charge < -0.3 is 10.2 Å². The SMILES string of the molecule is O=C(Nc1ccccc1C(=O)N1CCCC1)C1CCC(F)(F)CC1. The van der Waals surface area contributed by atoms with Gasteiger partial charge in [0.25, 0.3) is 5.91 Å². The highest BCUT2D eigenvalue weighted by Crippen LogP contribution is 2.36. The first kappa shape index (κ1) is 16.9. The summed E-state index contributed by atoms with van der Waals surface area (Å²) in [5.74, 6) is -3.43. The topological polar surface area (TPSA) is 49.4 Å². The lowest BCUT2D eigenvalue weighted by molar-refractivity contribution is -0.124. The fourth-order valence-corrected chi connectivity index (χ4v) is 3.41. The average Bonchev–Trinajstić information content (AvgIpc) is 3.09. The predicted octanol–water partition coefficient (Wildman–Crippen LogP) is 3.69. The van der Waals surface area contributed by atoms with Crippen molar-refractivity contribution in [1.29, 1.82) is 0 Å². The van der Waals surface area contributed by atoms with E-state index in [1.165, 1.54) is 0 Å². The van der Waals surface area contributed by atoms with Gasteiger partial charge in [0.2, 0.25) is 11.8 Å². The summed E-state index contributed by atoms with van der Waals surface area (Å²) in [5, 5.41) is 2.78. The van der Waals surface area contributed by atoms with Crippen LogP contribution in [0.25, 0.3) is 0 Å². The first-order valence-electron chi connectivity index (χ1n) is 8.53. The van der Waals surface area contributed by atoms with E-state index in [2.05, 4.69) is 5.32 Å². The predicted molar refractivity (Wildman–Crippen MR) is 87.1 cm³/mol. The summed E-state index contributed by atoms with van der Waals surface area (Å²) in [4.78, 5) is 26.8. The highest BCUT2D eigenvalue weighted by molar-refractivity contribution is 6.04. The van der Waals surface area contributed by atoms with E-state index < -0.39 is 11.8 Å². The third-order valence-corrected chi connectivity index (χ3v) is 4.90. The van der Waals surface area contributed by atoms with Crippen LogP contribution in [-0.4, -0.2) is 35.7 Å². The fraction of sp³-hybridized carbons (Fsp3) is 0.556. The van der Waals surface area contributed by atoms with Gasteiger partial charge in [0.05, 0.1) is 11.3 Å². The van der Waals surface area contributed by atoms with Gasteiger partial charge in [-0.1, -0.05) is 12.1 Å². The number of halogens is 2. The second-order valence-electron chi connectivity index (χ2n) is 6.66. The van der Waals surface area contributed by atoms with Gasteiger partial charge in [-0.15, -0.1) is 0 Å². The van der Waals surface area contributed by atoms with E-state index in [4.69, 9.17) is 0 Å². The Kier molecular flexibility index (Phi) is 4.83. The van der Waals surface area contributed by atoms with Crippen molar-refractivity contribution >= 4 is 17.5 Å². The van der Waals surface area contributed by atoms with Crippen LogP contribution in [0.5, 0.6) is 0 Å². The molecule has 4 nitrogen and oxygen atoms in total. The molecule has 0 radical (unpaired) electrons. The van der Waals surface area contributed by atoms with Gasteiger partial charge in [-0.05, 0) is 37.8 Å². The van der Waals surface area contributed by atoms with Crippen LogP contribution in [0.15, 0.2) is 24.3 Å². The lowest BCUT2D eigenvalue weighted by Gasteiger charge is -2.27. The Morgan fingerprint density at radius 1 is 1.08 bits per heavy atom. The molecule has 0 atom stereocenters. The number of hydrogen-bond acceptors (Lipinski definition) is 2. The molecule has 1 aliphatic carbocycles. The number of alkyl halides is 2. The molecule has 6 heteroatoms. The van der Waals surface area contributed by atoms with Crippen molar-refractivity contribution in [3.63, 3.8) is 0 Å². The molecule has 1 saturated heterocycles. The third kappa shape index (κ3) is 3.74. The first-order chi connectivity index (χ1) is 11.5. The zero-order valence-electron chi connectivity index (χ0n) is 13.6. The Morgan fingerprint density at radius 3 is 2.38 bits per heavy atom. The number of hydrogen-bond donors (Lipinski definition) is 1. The molecule has 130 valence electrons. The minimum Gasteiger partial charge on any atom is -0.339 e. The third-order valence-electron chi connectivity index (χ3n) is 4.90. The van der Waals surface area contributed by atoms with Crippen molar-refractivity contribution in [3.05, 3.63) is 29.8 Å². The van der Waals surface area contributed by atoms with E-state index in [0.717, 1.165) is 25.9 Å². The molecule has 1 saturated carbocycles. The monoisotopic (exact) mass is 336 g/mol. The molecule has 0 bridgehead atoms. The number of anilines is 1. The summed E-state index contributed by atoms with van der Waals surface area (Å²) in [6.07, 6.45) is 1.86. The molecule has 0 unspecified atom stereocenters. The Hall–Kier alpha value is -1.98. The number of para-hydroxylation sites is 1. The van der Waals surface area contributed by atoms with Gasteiger partial charge in [0, 0.05) is 31.8 Å². The maximum absolute atomic E-state index is 13.2. The zero-order chi connectivity index (χ0) is 17.2. The van der Waals surface area contributed by atoms with E-state index in [1.54, 1.807) is 29.2 Å². The Labute approximate surface area is 140 Å². The molecule has 0 aromatic heterocycles. The van der Waals surface area contributed by atoms with Gasteiger partial charge in [0.15, 0.2) is 0 Å². The molecule has 2 amide bonds. The van der Waals surface area contributed by atoms with E-state index in [0.29, 0.717) is 11.3 Å². The standard InChI is InChI=1S/C18H22F2N2O2/c19-18(20)9-7-13(8-10-18)16(23)21-15-6-2-1-5-14(15)17(24)22-11-3-4-12-22/h1-2,5-6,13H,3-4,7-12H2,(H,21,23). The summed E-state index contributed by atoms with van der Waals surface area (Å²) in [6.45, 7) is 1.47. The lowest BCUT2D eigenvalue weighted by atomic mass is 9.86. The maximum Gasteiger partial charge on any atom is 0.255 e. The van der Waals surface area contributed by atoms with Crippen molar-refractivity contribution in [2.45, 2.75) is 44.4 Å². The molecule has 1 aliphatic heterocycles. The Bertz CT molecular complexity index is 617. The summed E-state index contributed by atoms with van der Waals surface area (Å²) < 4.78 is 26.5. The highest BCUT2D eigenvalue weighted by atomic mass is 19.3. The number of nitrogens with zero attached hydrogens (tertiary/aromatic N) is 1. The van der Waals surface area contributed by atoms with Crippen LogP contribution < -0.4 is 5.32 Å². The molecule has 2 aliphatic rings. The summed E-state index contributed by atoms with van der Waals surface area (Å²) in [6, 6.07) is 6.91. The van der Waals surface area contributed by atoms with Gasteiger partial charge in [-0.2, -0.15) is 0 Å². The molecule has 3 rings (SSSR count). The normalized spacial score (nSPS) is 20.8. The van der Waals surface area contributed by atoms with Crippen molar-refractivity contribution in [1.82, 2.24) is 4.90 Å².